The van der Waals surface area contributed by atoms with Gasteiger partial charge in [-0.1, -0.05) is 58.4 Å². The maximum atomic E-state index is 12.8. The second-order valence-electron chi connectivity index (χ2n) is 6.23. The number of nitrogens with zero attached hydrogens (tertiary/aromatic N) is 1. The largest absolute Gasteiger partial charge is 0.463 e. The van der Waals surface area contributed by atoms with Crippen LogP contribution in [0.4, 0.5) is 0 Å². The third-order valence-corrected chi connectivity index (χ3v) is 5.35. The molecule has 0 saturated carbocycles. The lowest BCUT2D eigenvalue weighted by Gasteiger charge is -2.37. The monoisotopic (exact) mass is 444 g/mol. The fourth-order valence-corrected chi connectivity index (χ4v) is 3.70. The van der Waals surface area contributed by atoms with Crippen molar-refractivity contribution >= 4 is 39.2 Å². The number of halogens is 1. The number of thiocarbonyl (C=S) groups is 1. The van der Waals surface area contributed by atoms with E-state index in [0.717, 1.165) is 21.3 Å². The van der Waals surface area contributed by atoms with Crippen LogP contribution in [0.25, 0.3) is 0 Å². The topological polar surface area (TPSA) is 41.6 Å². The molecule has 0 saturated heterocycles. The average molecular weight is 445 g/mol. The Morgan fingerprint density at radius 1 is 1.19 bits per heavy atom. The highest BCUT2D eigenvalue weighted by atomic mass is 79.9. The summed E-state index contributed by atoms with van der Waals surface area (Å²) in [4.78, 5) is 14.7. The summed E-state index contributed by atoms with van der Waals surface area (Å²) in [6.45, 7) is 4.65. The van der Waals surface area contributed by atoms with Gasteiger partial charge in [0, 0.05) is 16.7 Å². The van der Waals surface area contributed by atoms with Crippen molar-refractivity contribution in [1.82, 2.24) is 10.2 Å². The number of carbonyl (C=O) groups excluding carboxylic acids is 1. The van der Waals surface area contributed by atoms with Crippen molar-refractivity contribution in [2.45, 2.75) is 26.4 Å². The van der Waals surface area contributed by atoms with E-state index in [2.05, 4.69) is 21.2 Å². The Morgan fingerprint density at radius 2 is 1.85 bits per heavy atom. The van der Waals surface area contributed by atoms with Crippen molar-refractivity contribution in [2.24, 2.45) is 0 Å². The number of esters is 1. The lowest BCUT2D eigenvalue weighted by atomic mass is 9.95. The molecule has 1 aliphatic heterocycles. The fraction of sp³-hybridized carbons (Fsp3) is 0.238. The molecule has 140 valence electrons. The zero-order chi connectivity index (χ0) is 19.4. The SMILES string of the molecule is CCOC(=O)C1=C(C)N(Cc2ccccc2)C(=S)NC1c1ccc(Br)cc1. The first-order chi connectivity index (χ1) is 13.0. The molecule has 27 heavy (non-hydrogen) atoms. The summed E-state index contributed by atoms with van der Waals surface area (Å²) in [6, 6.07) is 17.6. The lowest BCUT2D eigenvalue weighted by Crippen LogP contribution is -2.47. The molecule has 4 nitrogen and oxygen atoms in total. The minimum absolute atomic E-state index is 0.323. The van der Waals surface area contributed by atoms with Crippen LogP contribution >= 0.6 is 28.1 Å². The number of carbonyl (C=O) groups is 1. The molecule has 6 heteroatoms. The van der Waals surface area contributed by atoms with Crippen LogP contribution in [-0.2, 0) is 16.1 Å². The smallest absolute Gasteiger partial charge is 0.338 e. The van der Waals surface area contributed by atoms with Crippen LogP contribution in [0.3, 0.4) is 0 Å². The Kier molecular flexibility index (Phi) is 6.29. The van der Waals surface area contributed by atoms with Crippen molar-refractivity contribution in [1.29, 1.82) is 0 Å². The van der Waals surface area contributed by atoms with Crippen LogP contribution in [0.15, 0.2) is 70.3 Å². The Balaban J connectivity index is 2.02. The molecule has 1 unspecified atom stereocenters. The van der Waals surface area contributed by atoms with Crippen LogP contribution in [0.1, 0.15) is 31.0 Å². The molecule has 1 heterocycles. The molecule has 0 fully saturated rings. The van der Waals surface area contributed by atoms with Crippen molar-refractivity contribution in [2.75, 3.05) is 6.61 Å². The number of hydrogen-bond donors (Lipinski definition) is 1. The van der Waals surface area contributed by atoms with Gasteiger partial charge in [0.1, 0.15) is 0 Å². The third-order valence-electron chi connectivity index (χ3n) is 4.48. The first kappa shape index (κ1) is 19.6. The number of ether oxygens (including phenoxy) is 1. The van der Waals surface area contributed by atoms with E-state index in [0.29, 0.717) is 23.8 Å². The summed E-state index contributed by atoms with van der Waals surface area (Å²) < 4.78 is 6.33. The van der Waals surface area contributed by atoms with E-state index < -0.39 is 0 Å². The van der Waals surface area contributed by atoms with Crippen molar-refractivity contribution in [3.63, 3.8) is 0 Å². The quantitative estimate of drug-likeness (QED) is 0.533. The van der Waals surface area contributed by atoms with Gasteiger partial charge in [-0.25, -0.2) is 4.79 Å². The molecular weight excluding hydrogens is 424 g/mol. The van der Waals surface area contributed by atoms with Gasteiger partial charge in [0.05, 0.1) is 18.2 Å². The van der Waals surface area contributed by atoms with Gasteiger partial charge in [-0.15, -0.1) is 0 Å². The molecule has 2 aromatic carbocycles. The Morgan fingerprint density at radius 3 is 2.48 bits per heavy atom. The molecule has 3 rings (SSSR count). The normalized spacial score (nSPS) is 16.9. The molecule has 0 spiro atoms. The lowest BCUT2D eigenvalue weighted by molar-refractivity contribution is -0.139. The predicted octanol–water partition coefficient (Wildman–Crippen LogP) is 4.72. The number of nitrogens with one attached hydrogen (secondary N) is 1. The van der Waals surface area contributed by atoms with E-state index in [4.69, 9.17) is 17.0 Å². The molecular formula is C21H21BrN2O2S. The highest BCUT2D eigenvalue weighted by Gasteiger charge is 2.34. The van der Waals surface area contributed by atoms with Crippen LogP contribution in [0.5, 0.6) is 0 Å². The maximum Gasteiger partial charge on any atom is 0.338 e. The molecule has 0 radical (unpaired) electrons. The molecule has 1 aliphatic rings. The van der Waals surface area contributed by atoms with E-state index >= 15 is 0 Å². The molecule has 0 bridgehead atoms. The first-order valence-electron chi connectivity index (χ1n) is 8.76. The van der Waals surface area contributed by atoms with Crippen molar-refractivity contribution in [3.8, 4) is 0 Å². The van der Waals surface area contributed by atoms with Gasteiger partial charge >= 0.3 is 5.97 Å². The number of benzene rings is 2. The summed E-state index contributed by atoms with van der Waals surface area (Å²) in [7, 11) is 0. The molecule has 0 aliphatic carbocycles. The number of rotatable bonds is 5. The zero-order valence-electron chi connectivity index (χ0n) is 15.2. The second kappa shape index (κ2) is 8.67. The Labute approximate surface area is 173 Å². The van der Waals surface area contributed by atoms with Gasteiger partial charge in [-0.3, -0.25) is 0 Å². The minimum Gasteiger partial charge on any atom is -0.463 e. The van der Waals surface area contributed by atoms with Crippen LogP contribution in [0, 0.1) is 0 Å². The highest BCUT2D eigenvalue weighted by Crippen LogP contribution is 2.32. The van der Waals surface area contributed by atoms with E-state index in [1.807, 2.05) is 73.3 Å². The highest BCUT2D eigenvalue weighted by molar-refractivity contribution is 9.10. The van der Waals surface area contributed by atoms with Crippen molar-refractivity contribution in [3.05, 3.63) is 81.5 Å². The number of allylic oxidation sites excluding steroid dienone is 1. The van der Waals surface area contributed by atoms with Gasteiger partial charge in [0.15, 0.2) is 5.11 Å². The number of hydrogen-bond acceptors (Lipinski definition) is 3. The summed E-state index contributed by atoms with van der Waals surface area (Å²) in [6.07, 6.45) is 0. The van der Waals surface area contributed by atoms with Gasteiger partial charge in [-0.2, -0.15) is 0 Å². The zero-order valence-corrected chi connectivity index (χ0v) is 17.6. The van der Waals surface area contributed by atoms with Crippen LogP contribution in [0.2, 0.25) is 0 Å². The predicted molar refractivity (Wildman–Crippen MR) is 114 cm³/mol. The Bertz CT molecular complexity index is 866. The summed E-state index contributed by atoms with van der Waals surface area (Å²) in [5.74, 6) is -0.323. The average Bonchev–Trinajstić information content (AvgIpc) is 2.66. The summed E-state index contributed by atoms with van der Waals surface area (Å²) >= 11 is 9.08. The second-order valence-corrected chi connectivity index (χ2v) is 7.53. The molecule has 1 N–H and O–H groups in total. The standard InChI is InChI=1S/C21H21BrN2O2S/c1-3-26-20(25)18-14(2)24(13-15-7-5-4-6-8-15)21(27)23-19(18)16-9-11-17(22)12-10-16/h4-12,19H,3,13H2,1-2H3,(H,23,27). The summed E-state index contributed by atoms with van der Waals surface area (Å²) in [5.41, 5.74) is 3.48. The van der Waals surface area contributed by atoms with Gasteiger partial charge in [0.25, 0.3) is 0 Å². The maximum absolute atomic E-state index is 12.8. The minimum atomic E-state index is -0.336. The van der Waals surface area contributed by atoms with Gasteiger partial charge < -0.3 is 15.0 Å². The van der Waals surface area contributed by atoms with E-state index in [9.17, 15) is 4.79 Å². The van der Waals surface area contributed by atoms with Crippen molar-refractivity contribution < 1.29 is 9.53 Å². The molecule has 1 atom stereocenters. The molecule has 2 aromatic rings. The Hall–Kier alpha value is -2.18. The van der Waals surface area contributed by atoms with E-state index in [1.165, 1.54) is 0 Å². The first-order valence-corrected chi connectivity index (χ1v) is 9.96. The van der Waals surface area contributed by atoms with Crippen LogP contribution in [-0.4, -0.2) is 22.6 Å². The summed E-state index contributed by atoms with van der Waals surface area (Å²) in [5, 5.41) is 3.92. The van der Waals surface area contributed by atoms with Crippen LogP contribution < -0.4 is 5.32 Å². The molecule has 0 aromatic heterocycles. The van der Waals surface area contributed by atoms with E-state index in [-0.39, 0.29) is 12.0 Å². The van der Waals surface area contributed by atoms with Gasteiger partial charge in [-0.05, 0) is 49.3 Å². The fourth-order valence-electron chi connectivity index (χ4n) is 3.12. The van der Waals surface area contributed by atoms with E-state index in [1.54, 1.807) is 0 Å². The molecule has 0 amide bonds. The van der Waals surface area contributed by atoms with Gasteiger partial charge in [0.2, 0.25) is 0 Å². The third kappa shape index (κ3) is 4.39.